The number of nitrogens with one attached hydrogen (secondary N) is 1. The van der Waals surface area contributed by atoms with Crippen molar-refractivity contribution in [3.8, 4) is 0 Å². The normalized spacial score (nSPS) is 16.5. The molecule has 1 aliphatic rings. The van der Waals surface area contributed by atoms with Crippen LogP contribution < -0.4 is 5.32 Å². The van der Waals surface area contributed by atoms with Gasteiger partial charge in [-0.15, -0.1) is 10.2 Å². The fourth-order valence-corrected chi connectivity index (χ4v) is 2.48. The Morgan fingerprint density at radius 2 is 2.33 bits per heavy atom. The number of hydrogen-bond donors (Lipinski definition) is 1. The molecule has 1 N–H and O–H groups in total. The highest BCUT2D eigenvalue weighted by Crippen LogP contribution is 2.10. The third-order valence-corrected chi connectivity index (χ3v) is 3.66. The molecule has 0 fully saturated rings. The molecule has 0 spiro atoms. The summed E-state index contributed by atoms with van der Waals surface area (Å²) in [6, 6.07) is -0.218. The van der Waals surface area contributed by atoms with Gasteiger partial charge in [0.15, 0.2) is 0 Å². The summed E-state index contributed by atoms with van der Waals surface area (Å²) in [5.41, 5.74) is 0. The molecule has 1 aromatic rings. The van der Waals surface area contributed by atoms with E-state index < -0.39 is 0 Å². The Bertz CT molecular complexity index is 448. The monoisotopic (exact) mass is 295 g/mol. The SMILES string of the molecule is CCCNC(CCN1CCn2cnnc2C1)C(=O)OCC. The van der Waals surface area contributed by atoms with Crippen molar-refractivity contribution in [2.24, 2.45) is 0 Å². The van der Waals surface area contributed by atoms with Crippen LogP contribution in [0.1, 0.15) is 32.5 Å². The molecule has 118 valence electrons. The lowest BCUT2D eigenvalue weighted by molar-refractivity contribution is -0.146. The first-order valence-corrected chi connectivity index (χ1v) is 7.73. The molecular weight excluding hydrogens is 270 g/mol. The van der Waals surface area contributed by atoms with Crippen LogP contribution in [-0.2, 0) is 22.6 Å². The van der Waals surface area contributed by atoms with Crippen molar-refractivity contribution < 1.29 is 9.53 Å². The molecule has 2 rings (SSSR count). The van der Waals surface area contributed by atoms with E-state index in [-0.39, 0.29) is 12.0 Å². The lowest BCUT2D eigenvalue weighted by Gasteiger charge is -2.28. The van der Waals surface area contributed by atoms with E-state index in [1.165, 1.54) is 0 Å². The van der Waals surface area contributed by atoms with Crippen LogP contribution in [0.3, 0.4) is 0 Å². The van der Waals surface area contributed by atoms with Crippen LogP contribution in [0.4, 0.5) is 0 Å². The molecule has 1 aliphatic heterocycles. The lowest BCUT2D eigenvalue weighted by Crippen LogP contribution is -2.42. The number of ether oxygens (including phenoxy) is 1. The third-order valence-electron chi connectivity index (χ3n) is 3.66. The minimum atomic E-state index is -0.218. The molecule has 0 saturated carbocycles. The molecule has 21 heavy (non-hydrogen) atoms. The van der Waals surface area contributed by atoms with E-state index >= 15 is 0 Å². The number of rotatable bonds is 8. The fraction of sp³-hybridized carbons (Fsp3) is 0.786. The van der Waals surface area contributed by atoms with Crippen molar-refractivity contribution >= 4 is 5.97 Å². The molecule has 0 amide bonds. The van der Waals surface area contributed by atoms with Crippen molar-refractivity contribution in [1.29, 1.82) is 0 Å². The number of carbonyl (C=O) groups excluding carboxylic acids is 1. The Morgan fingerprint density at radius 3 is 3.10 bits per heavy atom. The van der Waals surface area contributed by atoms with Crippen LogP contribution in [-0.4, -0.2) is 57.9 Å². The fourth-order valence-electron chi connectivity index (χ4n) is 2.48. The molecule has 0 radical (unpaired) electrons. The van der Waals surface area contributed by atoms with Gasteiger partial charge in [0.25, 0.3) is 0 Å². The van der Waals surface area contributed by atoms with Gasteiger partial charge in [-0.2, -0.15) is 0 Å². The van der Waals surface area contributed by atoms with Crippen LogP contribution in [0.25, 0.3) is 0 Å². The highest BCUT2D eigenvalue weighted by atomic mass is 16.5. The number of nitrogens with zero attached hydrogens (tertiary/aromatic N) is 4. The molecule has 1 atom stereocenters. The van der Waals surface area contributed by atoms with E-state index in [1.54, 1.807) is 6.33 Å². The quantitative estimate of drug-likeness (QED) is 0.701. The standard InChI is InChI=1S/C14H25N5O2/c1-3-6-15-12(14(20)21-4-2)5-7-18-8-9-19-11-16-17-13(19)10-18/h11-12,15H,3-10H2,1-2H3. The first kappa shape index (κ1) is 15.9. The molecule has 1 unspecified atom stereocenters. The van der Waals surface area contributed by atoms with Crippen molar-refractivity contribution in [3.05, 3.63) is 12.2 Å². The van der Waals surface area contributed by atoms with Gasteiger partial charge < -0.3 is 14.6 Å². The minimum absolute atomic E-state index is 0.147. The molecule has 2 heterocycles. The van der Waals surface area contributed by atoms with Crippen LogP contribution in [0.2, 0.25) is 0 Å². The summed E-state index contributed by atoms with van der Waals surface area (Å²) >= 11 is 0. The number of hydrogen-bond acceptors (Lipinski definition) is 6. The number of fused-ring (bicyclic) bond motifs is 1. The summed E-state index contributed by atoms with van der Waals surface area (Å²) in [5.74, 6) is 0.849. The molecule has 7 heteroatoms. The maximum absolute atomic E-state index is 11.9. The summed E-state index contributed by atoms with van der Waals surface area (Å²) in [7, 11) is 0. The summed E-state index contributed by atoms with van der Waals surface area (Å²) in [4.78, 5) is 14.3. The maximum Gasteiger partial charge on any atom is 0.323 e. The van der Waals surface area contributed by atoms with E-state index in [0.29, 0.717) is 6.61 Å². The predicted octanol–water partition coefficient (Wildman–Crippen LogP) is 0.415. The average Bonchev–Trinajstić information content (AvgIpc) is 2.95. The highest BCUT2D eigenvalue weighted by Gasteiger charge is 2.22. The number of carbonyl (C=O) groups is 1. The largest absolute Gasteiger partial charge is 0.465 e. The number of aromatic nitrogens is 3. The third kappa shape index (κ3) is 4.50. The van der Waals surface area contributed by atoms with Gasteiger partial charge in [-0.25, -0.2) is 0 Å². The Hall–Kier alpha value is -1.47. The summed E-state index contributed by atoms with van der Waals surface area (Å²) in [6.07, 6.45) is 3.53. The van der Waals surface area contributed by atoms with Crippen molar-refractivity contribution in [2.75, 3.05) is 26.2 Å². The van der Waals surface area contributed by atoms with Gasteiger partial charge in [0.05, 0.1) is 13.2 Å². The highest BCUT2D eigenvalue weighted by molar-refractivity contribution is 5.75. The topological polar surface area (TPSA) is 72.3 Å². The Labute approximate surface area is 125 Å². The second-order valence-electron chi connectivity index (χ2n) is 5.26. The lowest BCUT2D eigenvalue weighted by atomic mass is 10.2. The van der Waals surface area contributed by atoms with Gasteiger partial charge >= 0.3 is 5.97 Å². The van der Waals surface area contributed by atoms with Gasteiger partial charge in [-0.05, 0) is 26.3 Å². The van der Waals surface area contributed by atoms with Gasteiger partial charge in [0, 0.05) is 19.6 Å². The Balaban J connectivity index is 1.82. The Morgan fingerprint density at radius 1 is 1.48 bits per heavy atom. The molecule has 1 aromatic heterocycles. The average molecular weight is 295 g/mol. The van der Waals surface area contributed by atoms with Gasteiger partial charge in [-0.3, -0.25) is 9.69 Å². The predicted molar refractivity (Wildman–Crippen MR) is 78.6 cm³/mol. The van der Waals surface area contributed by atoms with E-state index in [9.17, 15) is 4.79 Å². The first-order valence-electron chi connectivity index (χ1n) is 7.73. The van der Waals surface area contributed by atoms with Crippen LogP contribution >= 0.6 is 0 Å². The smallest absolute Gasteiger partial charge is 0.323 e. The van der Waals surface area contributed by atoms with Crippen molar-refractivity contribution in [2.45, 2.75) is 45.8 Å². The minimum Gasteiger partial charge on any atom is -0.465 e. The van der Waals surface area contributed by atoms with Crippen LogP contribution in [0.5, 0.6) is 0 Å². The Kier molecular flexibility index (Phi) is 6.13. The van der Waals surface area contributed by atoms with Crippen LogP contribution in [0, 0.1) is 0 Å². The number of esters is 1. The molecule has 0 aliphatic carbocycles. The van der Waals surface area contributed by atoms with Gasteiger partial charge in [-0.1, -0.05) is 6.92 Å². The summed E-state index contributed by atoms with van der Waals surface area (Å²) in [6.45, 7) is 8.71. The van der Waals surface area contributed by atoms with E-state index in [4.69, 9.17) is 4.74 Å². The van der Waals surface area contributed by atoms with Crippen molar-refractivity contribution in [3.63, 3.8) is 0 Å². The molecule has 0 saturated heterocycles. The van der Waals surface area contributed by atoms with Crippen molar-refractivity contribution in [1.82, 2.24) is 25.0 Å². The zero-order chi connectivity index (χ0) is 15.1. The molecule has 0 aromatic carbocycles. The van der Waals surface area contributed by atoms with Crippen LogP contribution in [0.15, 0.2) is 6.33 Å². The van der Waals surface area contributed by atoms with E-state index in [2.05, 4.69) is 31.9 Å². The zero-order valence-corrected chi connectivity index (χ0v) is 12.9. The summed E-state index contributed by atoms with van der Waals surface area (Å²) in [5, 5.41) is 11.3. The second-order valence-corrected chi connectivity index (χ2v) is 5.26. The first-order chi connectivity index (χ1) is 10.2. The second kappa shape index (κ2) is 8.09. The molecule has 7 nitrogen and oxygen atoms in total. The molecular formula is C14H25N5O2. The molecule has 0 bridgehead atoms. The van der Waals surface area contributed by atoms with E-state index in [0.717, 1.165) is 51.4 Å². The maximum atomic E-state index is 11.9. The van der Waals surface area contributed by atoms with E-state index in [1.807, 2.05) is 6.92 Å². The zero-order valence-electron chi connectivity index (χ0n) is 12.9. The van der Waals surface area contributed by atoms with Gasteiger partial charge in [0.2, 0.25) is 0 Å². The van der Waals surface area contributed by atoms with Gasteiger partial charge in [0.1, 0.15) is 18.2 Å². The summed E-state index contributed by atoms with van der Waals surface area (Å²) < 4.78 is 7.22.